The fraction of sp³-hybridized carbons (Fsp3) is 0.583. The summed E-state index contributed by atoms with van der Waals surface area (Å²) in [6, 6.07) is 1.88. The highest BCUT2D eigenvalue weighted by Crippen LogP contribution is 2.20. The molecule has 0 unspecified atom stereocenters. The first kappa shape index (κ1) is 12.6. The minimum atomic E-state index is -0.822. The maximum atomic E-state index is 11.0. The molecule has 1 N–H and O–H groups in total. The van der Waals surface area contributed by atoms with Crippen molar-refractivity contribution >= 4 is 5.97 Å². The highest BCUT2D eigenvalue weighted by atomic mass is 16.4. The summed E-state index contributed by atoms with van der Waals surface area (Å²) in [5.74, 6) is -0.213. The van der Waals surface area contributed by atoms with Crippen LogP contribution in [0.5, 0.6) is 0 Å². The Morgan fingerprint density at radius 2 is 2.19 bits per heavy atom. The van der Waals surface area contributed by atoms with E-state index in [0.717, 1.165) is 18.5 Å². The zero-order valence-corrected chi connectivity index (χ0v) is 10.0. The van der Waals surface area contributed by atoms with E-state index in [-0.39, 0.29) is 0 Å². The van der Waals surface area contributed by atoms with Crippen LogP contribution in [0.4, 0.5) is 0 Å². The van der Waals surface area contributed by atoms with Crippen molar-refractivity contribution in [2.24, 2.45) is 5.41 Å². The summed E-state index contributed by atoms with van der Waals surface area (Å²) in [6.45, 7) is 5.46. The molecule has 4 nitrogen and oxygen atoms in total. The van der Waals surface area contributed by atoms with Crippen LogP contribution in [0.15, 0.2) is 12.3 Å². The first-order valence-corrected chi connectivity index (χ1v) is 5.50. The van der Waals surface area contributed by atoms with Gasteiger partial charge in [0.2, 0.25) is 0 Å². The molecule has 0 bridgehead atoms. The number of carbonyl (C=O) groups is 1. The van der Waals surface area contributed by atoms with Gasteiger partial charge in [0.05, 0.1) is 5.41 Å². The zero-order valence-electron chi connectivity index (χ0n) is 10.0. The van der Waals surface area contributed by atoms with E-state index in [2.05, 4.69) is 16.9 Å². The van der Waals surface area contributed by atoms with Crippen molar-refractivity contribution in [1.29, 1.82) is 0 Å². The van der Waals surface area contributed by atoms with Crippen LogP contribution in [-0.4, -0.2) is 21.0 Å². The third-order valence-corrected chi connectivity index (χ3v) is 2.45. The average Bonchev–Trinajstić information content (AvgIpc) is 2.17. The van der Waals surface area contributed by atoms with Gasteiger partial charge in [-0.2, -0.15) is 0 Å². The van der Waals surface area contributed by atoms with E-state index in [0.29, 0.717) is 12.2 Å². The molecule has 16 heavy (non-hydrogen) atoms. The topological polar surface area (TPSA) is 63.1 Å². The Labute approximate surface area is 95.7 Å². The molecule has 0 aromatic carbocycles. The van der Waals surface area contributed by atoms with E-state index in [9.17, 15) is 4.79 Å². The molecule has 1 aromatic rings. The second kappa shape index (κ2) is 5.05. The summed E-state index contributed by atoms with van der Waals surface area (Å²) in [5, 5.41) is 9.02. The monoisotopic (exact) mass is 222 g/mol. The predicted molar refractivity (Wildman–Crippen MR) is 61.1 cm³/mol. The van der Waals surface area contributed by atoms with Gasteiger partial charge in [-0.3, -0.25) is 4.79 Å². The number of hydrogen-bond acceptors (Lipinski definition) is 3. The SMILES string of the molecule is CCCc1ccnc(CC(C)(C)C(=O)O)n1. The molecule has 1 rings (SSSR count). The Kier molecular flexibility index (Phi) is 3.99. The Bertz CT molecular complexity index is 375. The van der Waals surface area contributed by atoms with Crippen LogP contribution < -0.4 is 0 Å². The lowest BCUT2D eigenvalue weighted by molar-refractivity contribution is -0.146. The summed E-state index contributed by atoms with van der Waals surface area (Å²) in [6.07, 6.45) is 3.99. The molecular formula is C12H18N2O2. The number of hydrogen-bond donors (Lipinski definition) is 1. The molecule has 0 aliphatic heterocycles. The second-order valence-corrected chi connectivity index (χ2v) is 4.58. The molecule has 0 saturated carbocycles. The number of aliphatic carboxylic acids is 1. The van der Waals surface area contributed by atoms with Crippen molar-refractivity contribution in [3.05, 3.63) is 23.8 Å². The number of aryl methyl sites for hydroxylation is 1. The van der Waals surface area contributed by atoms with Crippen LogP contribution in [0.25, 0.3) is 0 Å². The minimum absolute atomic E-state index is 0.361. The van der Waals surface area contributed by atoms with Gasteiger partial charge in [-0.1, -0.05) is 13.3 Å². The van der Waals surface area contributed by atoms with Gasteiger partial charge in [0.25, 0.3) is 0 Å². The van der Waals surface area contributed by atoms with Gasteiger partial charge >= 0.3 is 5.97 Å². The molecule has 88 valence electrons. The Balaban J connectivity index is 2.81. The van der Waals surface area contributed by atoms with Crippen molar-refractivity contribution < 1.29 is 9.90 Å². The summed E-state index contributed by atoms with van der Waals surface area (Å²) >= 11 is 0. The number of rotatable bonds is 5. The maximum Gasteiger partial charge on any atom is 0.309 e. The fourth-order valence-corrected chi connectivity index (χ4v) is 1.39. The molecule has 0 spiro atoms. The Morgan fingerprint density at radius 3 is 2.75 bits per heavy atom. The summed E-state index contributed by atoms with van der Waals surface area (Å²) < 4.78 is 0. The highest BCUT2D eigenvalue weighted by Gasteiger charge is 2.28. The zero-order chi connectivity index (χ0) is 12.2. The van der Waals surface area contributed by atoms with E-state index in [4.69, 9.17) is 5.11 Å². The number of nitrogens with zero attached hydrogens (tertiary/aromatic N) is 2. The number of carboxylic acids is 1. The second-order valence-electron chi connectivity index (χ2n) is 4.58. The average molecular weight is 222 g/mol. The molecule has 4 heteroatoms. The van der Waals surface area contributed by atoms with E-state index in [1.54, 1.807) is 20.0 Å². The number of aromatic nitrogens is 2. The summed E-state index contributed by atoms with van der Waals surface area (Å²) in [7, 11) is 0. The first-order valence-electron chi connectivity index (χ1n) is 5.50. The number of carboxylic acid groups (broad SMARTS) is 1. The quantitative estimate of drug-likeness (QED) is 0.828. The lowest BCUT2D eigenvalue weighted by Crippen LogP contribution is -2.27. The molecule has 1 heterocycles. The van der Waals surface area contributed by atoms with E-state index in [1.165, 1.54) is 0 Å². The van der Waals surface area contributed by atoms with Gasteiger partial charge in [0.1, 0.15) is 5.82 Å². The Hall–Kier alpha value is -1.45. The van der Waals surface area contributed by atoms with E-state index < -0.39 is 11.4 Å². The van der Waals surface area contributed by atoms with Gasteiger partial charge in [0.15, 0.2) is 0 Å². The molecular weight excluding hydrogens is 204 g/mol. The molecule has 0 radical (unpaired) electrons. The molecule has 0 aliphatic carbocycles. The highest BCUT2D eigenvalue weighted by molar-refractivity contribution is 5.73. The summed E-state index contributed by atoms with van der Waals surface area (Å²) in [5.41, 5.74) is 0.166. The first-order chi connectivity index (χ1) is 7.45. The van der Waals surface area contributed by atoms with Crippen LogP contribution in [0, 0.1) is 5.41 Å². The third kappa shape index (κ3) is 3.29. The van der Waals surface area contributed by atoms with Gasteiger partial charge < -0.3 is 5.11 Å². The lowest BCUT2D eigenvalue weighted by Gasteiger charge is -2.17. The predicted octanol–water partition coefficient (Wildman–Crippen LogP) is 2.08. The molecule has 0 aliphatic rings. The van der Waals surface area contributed by atoms with Crippen molar-refractivity contribution in [3.63, 3.8) is 0 Å². The van der Waals surface area contributed by atoms with Crippen LogP contribution >= 0.6 is 0 Å². The van der Waals surface area contributed by atoms with Crippen LogP contribution in [-0.2, 0) is 17.6 Å². The fourth-order valence-electron chi connectivity index (χ4n) is 1.39. The molecule has 0 atom stereocenters. The van der Waals surface area contributed by atoms with E-state index in [1.807, 2.05) is 6.07 Å². The van der Waals surface area contributed by atoms with Crippen molar-refractivity contribution in [1.82, 2.24) is 9.97 Å². The maximum absolute atomic E-state index is 11.0. The van der Waals surface area contributed by atoms with Crippen molar-refractivity contribution in [2.75, 3.05) is 0 Å². The van der Waals surface area contributed by atoms with Gasteiger partial charge in [0, 0.05) is 18.3 Å². The van der Waals surface area contributed by atoms with Gasteiger partial charge in [-0.15, -0.1) is 0 Å². The lowest BCUT2D eigenvalue weighted by atomic mass is 9.89. The van der Waals surface area contributed by atoms with E-state index >= 15 is 0 Å². The standard InChI is InChI=1S/C12H18N2O2/c1-4-5-9-6-7-13-10(14-9)8-12(2,3)11(15)16/h6-7H,4-5,8H2,1-3H3,(H,15,16). The van der Waals surface area contributed by atoms with Crippen molar-refractivity contribution in [3.8, 4) is 0 Å². The van der Waals surface area contributed by atoms with Crippen LogP contribution in [0.3, 0.4) is 0 Å². The molecule has 1 aromatic heterocycles. The van der Waals surface area contributed by atoms with Crippen LogP contribution in [0.1, 0.15) is 38.7 Å². The summed E-state index contributed by atoms with van der Waals surface area (Å²) in [4.78, 5) is 19.5. The third-order valence-electron chi connectivity index (χ3n) is 2.45. The van der Waals surface area contributed by atoms with Gasteiger partial charge in [-0.25, -0.2) is 9.97 Å². The van der Waals surface area contributed by atoms with Crippen molar-refractivity contribution in [2.45, 2.75) is 40.0 Å². The van der Waals surface area contributed by atoms with Gasteiger partial charge in [-0.05, 0) is 26.3 Å². The normalized spacial score (nSPS) is 11.4. The smallest absolute Gasteiger partial charge is 0.309 e. The Morgan fingerprint density at radius 1 is 1.50 bits per heavy atom. The molecule has 0 amide bonds. The molecule has 0 fully saturated rings. The molecule has 0 saturated heterocycles. The van der Waals surface area contributed by atoms with Crippen LogP contribution in [0.2, 0.25) is 0 Å². The minimum Gasteiger partial charge on any atom is -0.481 e. The largest absolute Gasteiger partial charge is 0.481 e.